The van der Waals surface area contributed by atoms with Crippen molar-refractivity contribution >= 4 is 0 Å². The Morgan fingerprint density at radius 3 is 2.43 bits per heavy atom. The van der Waals surface area contributed by atoms with Gasteiger partial charge in [-0.3, -0.25) is 0 Å². The Morgan fingerprint density at radius 1 is 1.10 bits per heavy atom. The number of rotatable bonds is 4. The second-order valence-electron chi connectivity index (χ2n) is 4.73. The number of benzene rings is 2. The van der Waals surface area contributed by atoms with Crippen LogP contribution < -0.4 is 5.32 Å². The molecule has 104 valence electrons. The van der Waals surface area contributed by atoms with Crippen LogP contribution >= 0.6 is 0 Å². The Kier molecular flexibility index (Phi) is 4.66. The highest BCUT2D eigenvalue weighted by atomic mass is 19.1. The lowest BCUT2D eigenvalue weighted by atomic mass is 10.1. The zero-order chi connectivity index (χ0) is 15.2. The van der Waals surface area contributed by atoms with Crippen molar-refractivity contribution in [2.75, 3.05) is 0 Å². The number of nitriles is 2. The quantitative estimate of drug-likeness (QED) is 0.932. The highest BCUT2D eigenvalue weighted by molar-refractivity contribution is 5.35. The van der Waals surface area contributed by atoms with E-state index in [4.69, 9.17) is 10.5 Å². The Labute approximate surface area is 123 Å². The molecular formula is C17H14FN3. The normalized spacial score (nSPS) is 11.4. The zero-order valence-electron chi connectivity index (χ0n) is 11.6. The summed E-state index contributed by atoms with van der Waals surface area (Å²) < 4.78 is 13.9. The van der Waals surface area contributed by atoms with Gasteiger partial charge in [-0.05, 0) is 30.7 Å². The van der Waals surface area contributed by atoms with E-state index < -0.39 is 5.82 Å². The Hall–Kier alpha value is -2.69. The molecule has 0 amide bonds. The van der Waals surface area contributed by atoms with E-state index in [9.17, 15) is 4.39 Å². The Morgan fingerprint density at radius 2 is 1.81 bits per heavy atom. The van der Waals surface area contributed by atoms with Crippen molar-refractivity contribution in [2.45, 2.75) is 19.5 Å². The largest absolute Gasteiger partial charge is 0.306 e. The third kappa shape index (κ3) is 3.45. The van der Waals surface area contributed by atoms with Crippen molar-refractivity contribution in [1.29, 1.82) is 10.5 Å². The van der Waals surface area contributed by atoms with Crippen molar-refractivity contribution in [2.24, 2.45) is 0 Å². The second-order valence-corrected chi connectivity index (χ2v) is 4.73. The molecule has 3 nitrogen and oxygen atoms in total. The molecule has 0 saturated heterocycles. The molecule has 1 N–H and O–H groups in total. The van der Waals surface area contributed by atoms with E-state index in [1.54, 1.807) is 24.3 Å². The van der Waals surface area contributed by atoms with Crippen LogP contribution in [0, 0.1) is 28.5 Å². The van der Waals surface area contributed by atoms with Gasteiger partial charge >= 0.3 is 0 Å². The van der Waals surface area contributed by atoms with E-state index in [2.05, 4.69) is 11.4 Å². The molecule has 0 heterocycles. The third-order valence-corrected chi connectivity index (χ3v) is 3.34. The van der Waals surface area contributed by atoms with Gasteiger partial charge in [-0.2, -0.15) is 10.5 Å². The summed E-state index contributed by atoms with van der Waals surface area (Å²) in [5.41, 5.74) is 2.15. The first kappa shape index (κ1) is 14.7. The molecule has 0 radical (unpaired) electrons. The van der Waals surface area contributed by atoms with Gasteiger partial charge in [0, 0.05) is 18.2 Å². The van der Waals surface area contributed by atoms with Gasteiger partial charge in [0.1, 0.15) is 11.9 Å². The number of hydrogen-bond donors (Lipinski definition) is 1. The van der Waals surface area contributed by atoms with Crippen molar-refractivity contribution in [3.05, 3.63) is 70.5 Å². The summed E-state index contributed by atoms with van der Waals surface area (Å²) in [6, 6.07) is 16.0. The molecule has 0 fully saturated rings. The molecule has 0 aliphatic heterocycles. The van der Waals surface area contributed by atoms with Gasteiger partial charge in [-0.1, -0.05) is 24.3 Å². The fraction of sp³-hybridized carbons (Fsp3) is 0.176. The van der Waals surface area contributed by atoms with Crippen molar-refractivity contribution < 1.29 is 4.39 Å². The summed E-state index contributed by atoms with van der Waals surface area (Å²) in [6.45, 7) is 2.30. The van der Waals surface area contributed by atoms with E-state index in [1.807, 2.05) is 25.1 Å². The highest BCUT2D eigenvalue weighted by Crippen LogP contribution is 2.16. The molecule has 0 aliphatic carbocycles. The van der Waals surface area contributed by atoms with E-state index in [0.717, 1.165) is 5.56 Å². The summed E-state index contributed by atoms with van der Waals surface area (Å²) in [5.74, 6) is -0.473. The minimum Gasteiger partial charge on any atom is -0.306 e. The molecular weight excluding hydrogens is 265 g/mol. The predicted molar refractivity (Wildman–Crippen MR) is 77.5 cm³/mol. The zero-order valence-corrected chi connectivity index (χ0v) is 11.6. The molecule has 1 atom stereocenters. The standard InChI is InChI=1S/C17H14FN3/c1-12(14-7-5-13(9-19)6-8-14)21-11-16-4-2-3-15(10-20)17(16)18/h2-8,12,21H,11H2,1H3. The van der Waals surface area contributed by atoms with Crippen LogP contribution in [0.1, 0.15) is 35.2 Å². The summed E-state index contributed by atoms with van der Waals surface area (Å²) in [5, 5.41) is 20.8. The molecule has 1 unspecified atom stereocenters. The van der Waals surface area contributed by atoms with E-state index in [-0.39, 0.29) is 11.6 Å². The van der Waals surface area contributed by atoms with Crippen LogP contribution in [-0.4, -0.2) is 0 Å². The number of hydrogen-bond acceptors (Lipinski definition) is 3. The summed E-state index contributed by atoms with van der Waals surface area (Å²) >= 11 is 0. The second kappa shape index (κ2) is 6.65. The van der Waals surface area contributed by atoms with Crippen LogP contribution in [0.4, 0.5) is 4.39 Å². The fourth-order valence-corrected chi connectivity index (χ4v) is 2.03. The van der Waals surface area contributed by atoms with Crippen molar-refractivity contribution in [1.82, 2.24) is 5.32 Å². The molecule has 4 heteroatoms. The number of nitrogens with zero attached hydrogens (tertiary/aromatic N) is 2. The molecule has 0 bridgehead atoms. The third-order valence-electron chi connectivity index (χ3n) is 3.34. The van der Waals surface area contributed by atoms with Gasteiger partial charge in [-0.25, -0.2) is 4.39 Å². The van der Waals surface area contributed by atoms with Crippen molar-refractivity contribution in [3.63, 3.8) is 0 Å². The van der Waals surface area contributed by atoms with Gasteiger partial charge in [-0.15, -0.1) is 0 Å². The molecule has 2 rings (SSSR count). The van der Waals surface area contributed by atoms with E-state index in [1.165, 1.54) is 6.07 Å². The van der Waals surface area contributed by atoms with Crippen LogP contribution in [0.2, 0.25) is 0 Å². The fourth-order valence-electron chi connectivity index (χ4n) is 2.03. The minimum atomic E-state index is -0.473. The van der Waals surface area contributed by atoms with Crippen LogP contribution in [0.15, 0.2) is 42.5 Å². The van der Waals surface area contributed by atoms with Crippen molar-refractivity contribution in [3.8, 4) is 12.1 Å². The lowest BCUT2D eigenvalue weighted by molar-refractivity contribution is 0.543. The number of halogens is 1. The van der Waals surface area contributed by atoms with E-state index >= 15 is 0 Å². The average Bonchev–Trinajstić information content (AvgIpc) is 2.53. The maximum absolute atomic E-state index is 13.9. The first-order chi connectivity index (χ1) is 10.2. The summed E-state index contributed by atoms with van der Waals surface area (Å²) in [6.07, 6.45) is 0. The van der Waals surface area contributed by atoms with Gasteiger partial charge in [0.2, 0.25) is 0 Å². The van der Waals surface area contributed by atoms with Gasteiger partial charge < -0.3 is 5.32 Å². The maximum Gasteiger partial charge on any atom is 0.145 e. The highest BCUT2D eigenvalue weighted by Gasteiger charge is 2.10. The summed E-state index contributed by atoms with van der Waals surface area (Å²) in [4.78, 5) is 0. The minimum absolute atomic E-state index is 0.0166. The molecule has 0 spiro atoms. The van der Waals surface area contributed by atoms with Crippen LogP contribution in [0.3, 0.4) is 0 Å². The number of nitrogens with one attached hydrogen (secondary N) is 1. The van der Waals surface area contributed by atoms with Gasteiger partial charge in [0.25, 0.3) is 0 Å². The first-order valence-electron chi connectivity index (χ1n) is 6.56. The Balaban J connectivity index is 2.06. The molecule has 21 heavy (non-hydrogen) atoms. The first-order valence-corrected chi connectivity index (χ1v) is 6.56. The molecule has 0 aromatic heterocycles. The Bertz CT molecular complexity index is 708. The molecule has 0 saturated carbocycles. The van der Waals surface area contributed by atoms with Gasteiger partial charge in [0.05, 0.1) is 17.2 Å². The predicted octanol–water partition coefficient (Wildman–Crippen LogP) is 3.42. The van der Waals surface area contributed by atoms with Gasteiger partial charge in [0.15, 0.2) is 0 Å². The molecule has 2 aromatic carbocycles. The average molecular weight is 279 g/mol. The lowest BCUT2D eigenvalue weighted by Gasteiger charge is -2.15. The summed E-state index contributed by atoms with van der Waals surface area (Å²) in [7, 11) is 0. The van der Waals surface area contributed by atoms with Crippen LogP contribution in [0.25, 0.3) is 0 Å². The maximum atomic E-state index is 13.9. The topological polar surface area (TPSA) is 59.6 Å². The molecule has 0 aliphatic rings. The monoisotopic (exact) mass is 279 g/mol. The smallest absolute Gasteiger partial charge is 0.145 e. The molecule has 2 aromatic rings. The SMILES string of the molecule is CC(NCc1cccc(C#N)c1F)c1ccc(C#N)cc1. The van der Waals surface area contributed by atoms with E-state index in [0.29, 0.717) is 17.7 Å². The lowest BCUT2D eigenvalue weighted by Crippen LogP contribution is -2.19. The van der Waals surface area contributed by atoms with Crippen LogP contribution in [-0.2, 0) is 6.54 Å². The van der Waals surface area contributed by atoms with Crippen LogP contribution in [0.5, 0.6) is 0 Å².